The first kappa shape index (κ1) is 30.7. The maximum absolute atomic E-state index is 13.7. The third kappa shape index (κ3) is 6.77. The minimum atomic E-state index is -2.83. The Bertz CT molecular complexity index is 1710. The van der Waals surface area contributed by atoms with E-state index in [0.29, 0.717) is 16.7 Å². The normalized spacial score (nSPS) is 11.1. The number of hydrogen-bond acceptors (Lipinski definition) is 5. The highest BCUT2D eigenvalue weighted by Crippen LogP contribution is 2.37. The number of rotatable bonds is 10. The van der Waals surface area contributed by atoms with Crippen LogP contribution in [0.25, 0.3) is 11.0 Å². The molecule has 1 heterocycles. The summed E-state index contributed by atoms with van der Waals surface area (Å²) >= 11 is 13.0. The second-order valence-corrected chi connectivity index (χ2v) is 9.89. The minimum Gasteiger partial charge on any atom is -0.487 e. The van der Waals surface area contributed by atoms with E-state index in [1.54, 1.807) is 30.7 Å². The number of anilines is 3. The van der Waals surface area contributed by atoms with Crippen LogP contribution in [0.1, 0.15) is 22.8 Å². The van der Waals surface area contributed by atoms with Crippen molar-refractivity contribution in [2.24, 2.45) is 7.05 Å². The van der Waals surface area contributed by atoms with Gasteiger partial charge in [0.15, 0.2) is 11.6 Å². The molecule has 0 saturated heterocycles. The molecule has 42 heavy (non-hydrogen) atoms. The van der Waals surface area contributed by atoms with Crippen LogP contribution in [-0.2, 0) is 18.4 Å². The van der Waals surface area contributed by atoms with E-state index in [9.17, 15) is 27.2 Å². The number of fused-ring (bicyclic) bond motifs is 1. The van der Waals surface area contributed by atoms with Gasteiger partial charge >= 0.3 is 0 Å². The SMILES string of the molecule is C=C(C)C(=O)NCc1ccc(Cl)c(Nc2nc3cc(C(=O)Nc4ccc(F)c(F)c4)c(OCC(F)F)cc3n2C)c1Cl. The molecule has 3 N–H and O–H groups in total. The molecule has 0 aliphatic heterocycles. The van der Waals surface area contributed by atoms with Gasteiger partial charge in [-0.2, -0.15) is 0 Å². The second-order valence-electron chi connectivity index (χ2n) is 9.10. The molecule has 4 rings (SSSR count). The lowest BCUT2D eigenvalue weighted by molar-refractivity contribution is -0.117. The fraction of sp³-hybridized carbons (Fsp3) is 0.179. The Morgan fingerprint density at radius 2 is 1.83 bits per heavy atom. The van der Waals surface area contributed by atoms with Gasteiger partial charge in [0.05, 0.1) is 32.3 Å². The summed E-state index contributed by atoms with van der Waals surface area (Å²) in [5.41, 5.74) is 1.57. The van der Waals surface area contributed by atoms with Gasteiger partial charge in [0, 0.05) is 37.0 Å². The molecule has 0 atom stereocenters. The Balaban J connectivity index is 1.70. The van der Waals surface area contributed by atoms with Crippen LogP contribution in [0.2, 0.25) is 10.0 Å². The molecule has 0 aliphatic rings. The molecule has 0 spiro atoms. The van der Waals surface area contributed by atoms with Crippen LogP contribution < -0.4 is 20.7 Å². The number of ether oxygens (including phenoxy) is 1. The quantitative estimate of drug-likeness (QED) is 0.131. The number of aryl methyl sites for hydroxylation is 1. The van der Waals surface area contributed by atoms with Crippen molar-refractivity contribution in [1.29, 1.82) is 0 Å². The van der Waals surface area contributed by atoms with Crippen LogP contribution >= 0.6 is 23.2 Å². The zero-order chi connectivity index (χ0) is 30.7. The van der Waals surface area contributed by atoms with E-state index in [1.807, 2.05) is 0 Å². The summed E-state index contributed by atoms with van der Waals surface area (Å²) < 4.78 is 59.7. The van der Waals surface area contributed by atoms with Crippen molar-refractivity contribution in [2.45, 2.75) is 19.9 Å². The smallest absolute Gasteiger partial charge is 0.272 e. The number of nitrogens with one attached hydrogen (secondary N) is 3. The highest BCUT2D eigenvalue weighted by atomic mass is 35.5. The summed E-state index contributed by atoms with van der Waals surface area (Å²) in [6.07, 6.45) is -2.83. The van der Waals surface area contributed by atoms with Gasteiger partial charge in [0.2, 0.25) is 11.9 Å². The van der Waals surface area contributed by atoms with Gasteiger partial charge in [-0.25, -0.2) is 22.5 Å². The molecule has 2 amide bonds. The molecule has 0 unspecified atom stereocenters. The first-order valence-electron chi connectivity index (χ1n) is 12.2. The van der Waals surface area contributed by atoms with Gasteiger partial charge in [-0.15, -0.1) is 0 Å². The number of imidazole rings is 1. The Labute approximate surface area is 247 Å². The summed E-state index contributed by atoms with van der Waals surface area (Å²) in [6.45, 7) is 4.25. The van der Waals surface area contributed by atoms with E-state index in [1.165, 1.54) is 12.1 Å². The van der Waals surface area contributed by atoms with Crippen LogP contribution in [-0.4, -0.2) is 34.4 Å². The van der Waals surface area contributed by atoms with Crippen LogP contribution in [0, 0.1) is 11.6 Å². The average Bonchev–Trinajstić information content (AvgIpc) is 3.24. The van der Waals surface area contributed by atoms with Gasteiger partial charge < -0.3 is 25.3 Å². The topological polar surface area (TPSA) is 97.3 Å². The van der Waals surface area contributed by atoms with E-state index >= 15 is 0 Å². The molecule has 14 heteroatoms. The average molecular weight is 624 g/mol. The van der Waals surface area contributed by atoms with Crippen LogP contribution in [0.15, 0.2) is 54.6 Å². The zero-order valence-electron chi connectivity index (χ0n) is 22.1. The molecule has 220 valence electrons. The van der Waals surface area contributed by atoms with Crippen molar-refractivity contribution in [3.63, 3.8) is 0 Å². The lowest BCUT2D eigenvalue weighted by Gasteiger charge is -2.14. The monoisotopic (exact) mass is 623 g/mol. The number of alkyl halides is 2. The van der Waals surface area contributed by atoms with E-state index in [2.05, 4.69) is 27.5 Å². The predicted molar refractivity (Wildman–Crippen MR) is 153 cm³/mol. The number of aromatic nitrogens is 2. The summed E-state index contributed by atoms with van der Waals surface area (Å²) in [5, 5.41) is 8.58. The maximum atomic E-state index is 13.7. The second kappa shape index (κ2) is 12.7. The number of carbonyl (C=O) groups is 2. The fourth-order valence-electron chi connectivity index (χ4n) is 3.84. The Kier molecular flexibility index (Phi) is 9.27. The van der Waals surface area contributed by atoms with Crippen molar-refractivity contribution in [3.05, 3.63) is 87.4 Å². The lowest BCUT2D eigenvalue weighted by atomic mass is 10.1. The third-order valence-corrected chi connectivity index (χ3v) is 6.75. The number of amides is 2. The maximum Gasteiger partial charge on any atom is 0.272 e. The lowest BCUT2D eigenvalue weighted by Crippen LogP contribution is -2.23. The van der Waals surface area contributed by atoms with E-state index < -0.39 is 30.6 Å². The van der Waals surface area contributed by atoms with Gasteiger partial charge in [0.1, 0.15) is 12.4 Å². The van der Waals surface area contributed by atoms with Crippen LogP contribution in [0.4, 0.5) is 34.9 Å². The molecule has 0 saturated carbocycles. The summed E-state index contributed by atoms with van der Waals surface area (Å²) in [4.78, 5) is 29.5. The molecule has 1 aromatic heterocycles. The van der Waals surface area contributed by atoms with Crippen molar-refractivity contribution in [1.82, 2.24) is 14.9 Å². The minimum absolute atomic E-state index is 0.0641. The van der Waals surface area contributed by atoms with Crippen molar-refractivity contribution >= 4 is 63.4 Å². The van der Waals surface area contributed by atoms with Crippen LogP contribution in [0.5, 0.6) is 5.75 Å². The molecule has 8 nitrogen and oxygen atoms in total. The Hall–Kier alpha value is -4.29. The van der Waals surface area contributed by atoms with Gasteiger partial charge in [-0.1, -0.05) is 35.8 Å². The number of halogens is 6. The summed E-state index contributed by atoms with van der Waals surface area (Å²) in [5.74, 6) is -3.44. The standard InChI is InChI=1S/C28H23Cl2F4N5O3/c1-13(2)26(40)35-11-14-4-6-17(29)25(24(14)30)38-28-37-20-9-16(22(42-12-23(33)34)10-21(20)39(28)3)27(41)36-15-5-7-18(31)19(32)8-15/h4-10,23H,1,11-12H2,2-3H3,(H,35,40)(H,36,41)(H,37,38). The Morgan fingerprint density at radius 3 is 2.50 bits per heavy atom. The van der Waals surface area contributed by atoms with E-state index in [0.717, 1.165) is 18.2 Å². The molecule has 0 bridgehead atoms. The molecular formula is C28H23Cl2F4N5O3. The van der Waals surface area contributed by atoms with Gasteiger partial charge in [-0.3, -0.25) is 9.59 Å². The van der Waals surface area contributed by atoms with E-state index in [4.69, 9.17) is 27.9 Å². The van der Waals surface area contributed by atoms with E-state index in [-0.39, 0.29) is 56.6 Å². The number of carbonyl (C=O) groups excluding carboxylic acids is 2. The zero-order valence-corrected chi connectivity index (χ0v) is 23.6. The summed E-state index contributed by atoms with van der Waals surface area (Å²) in [6, 6.07) is 8.64. The number of nitrogens with zero attached hydrogens (tertiary/aromatic N) is 2. The van der Waals surface area contributed by atoms with Crippen molar-refractivity contribution in [3.8, 4) is 5.75 Å². The van der Waals surface area contributed by atoms with Gasteiger partial charge in [-0.05, 0) is 36.8 Å². The number of hydrogen-bond donors (Lipinski definition) is 3. The Morgan fingerprint density at radius 1 is 1.10 bits per heavy atom. The molecule has 0 aliphatic carbocycles. The summed E-state index contributed by atoms with van der Waals surface area (Å²) in [7, 11) is 1.62. The highest BCUT2D eigenvalue weighted by Gasteiger charge is 2.21. The van der Waals surface area contributed by atoms with Crippen molar-refractivity contribution < 1.29 is 31.9 Å². The largest absolute Gasteiger partial charge is 0.487 e. The van der Waals surface area contributed by atoms with Gasteiger partial charge in [0.25, 0.3) is 12.3 Å². The van der Waals surface area contributed by atoms with Crippen LogP contribution in [0.3, 0.4) is 0 Å². The molecular weight excluding hydrogens is 601 g/mol. The predicted octanol–water partition coefficient (Wildman–Crippen LogP) is 6.99. The number of benzene rings is 3. The molecule has 0 radical (unpaired) electrons. The third-order valence-electron chi connectivity index (χ3n) is 6.00. The van der Waals surface area contributed by atoms with Crippen molar-refractivity contribution in [2.75, 3.05) is 17.2 Å². The highest BCUT2D eigenvalue weighted by molar-refractivity contribution is 6.39. The molecule has 4 aromatic rings. The fourth-order valence-corrected chi connectivity index (χ4v) is 4.37. The molecule has 3 aromatic carbocycles. The first-order valence-corrected chi connectivity index (χ1v) is 13.0. The molecule has 0 fully saturated rings. The first-order chi connectivity index (χ1) is 19.8.